The van der Waals surface area contributed by atoms with Gasteiger partial charge in [-0.2, -0.15) is 11.8 Å². The Balaban J connectivity index is 3.10. The molecule has 0 heterocycles. The first-order valence-corrected chi connectivity index (χ1v) is 6.07. The summed E-state index contributed by atoms with van der Waals surface area (Å²) in [4.78, 5) is 12.6. The van der Waals surface area contributed by atoms with E-state index in [9.17, 15) is 4.79 Å². The molecular weight excluding hydrogens is 198 g/mol. The Labute approximate surface area is 90.8 Å². The van der Waals surface area contributed by atoms with Gasteiger partial charge in [0.05, 0.1) is 0 Å². The highest BCUT2D eigenvalue weighted by Gasteiger charge is 1.99. The van der Waals surface area contributed by atoms with Crippen molar-refractivity contribution in [3.05, 3.63) is 0 Å². The average Bonchev–Trinajstić information content (AvgIpc) is 2.16. The molecule has 0 atom stereocenters. The molecule has 0 aromatic rings. The lowest BCUT2D eigenvalue weighted by molar-refractivity contribution is 0.217. The SMILES string of the molecule is CCSCCNCCNC(=O)N(C)C. The lowest BCUT2D eigenvalue weighted by Crippen LogP contribution is -2.38. The molecule has 84 valence electrons. The van der Waals surface area contributed by atoms with Crippen LogP contribution in [-0.2, 0) is 0 Å². The van der Waals surface area contributed by atoms with Crippen LogP contribution in [0.15, 0.2) is 0 Å². The van der Waals surface area contributed by atoms with Crippen molar-refractivity contribution < 1.29 is 4.79 Å². The number of carbonyl (C=O) groups excluding carboxylic acids is 1. The van der Waals surface area contributed by atoms with Crippen molar-refractivity contribution in [2.24, 2.45) is 0 Å². The average molecular weight is 219 g/mol. The van der Waals surface area contributed by atoms with Gasteiger partial charge in [-0.15, -0.1) is 0 Å². The molecular formula is C9H21N3OS. The van der Waals surface area contributed by atoms with Gasteiger partial charge in [-0.3, -0.25) is 0 Å². The number of rotatable bonds is 7. The van der Waals surface area contributed by atoms with Gasteiger partial charge in [-0.25, -0.2) is 4.79 Å². The summed E-state index contributed by atoms with van der Waals surface area (Å²) in [5.41, 5.74) is 0. The molecule has 0 saturated heterocycles. The molecule has 4 nitrogen and oxygen atoms in total. The second kappa shape index (κ2) is 9.15. The third-order valence-electron chi connectivity index (χ3n) is 1.61. The molecule has 0 aliphatic carbocycles. The van der Waals surface area contributed by atoms with E-state index in [1.165, 1.54) is 10.7 Å². The number of nitrogens with zero attached hydrogens (tertiary/aromatic N) is 1. The zero-order chi connectivity index (χ0) is 10.8. The van der Waals surface area contributed by atoms with Gasteiger partial charge >= 0.3 is 6.03 Å². The minimum absolute atomic E-state index is 0.0327. The third-order valence-corrected chi connectivity index (χ3v) is 2.51. The normalized spacial score (nSPS) is 9.93. The molecule has 14 heavy (non-hydrogen) atoms. The molecule has 5 heteroatoms. The van der Waals surface area contributed by atoms with E-state index in [-0.39, 0.29) is 6.03 Å². The van der Waals surface area contributed by atoms with E-state index in [0.717, 1.165) is 18.8 Å². The molecule has 0 unspecified atom stereocenters. The molecule has 0 aromatic heterocycles. The van der Waals surface area contributed by atoms with Gasteiger partial charge in [-0.05, 0) is 5.75 Å². The van der Waals surface area contributed by atoms with E-state index in [1.807, 2.05) is 11.8 Å². The van der Waals surface area contributed by atoms with E-state index in [4.69, 9.17) is 0 Å². The molecule has 0 spiro atoms. The summed E-state index contributed by atoms with van der Waals surface area (Å²) in [6.45, 7) is 4.69. The molecule has 2 amide bonds. The lowest BCUT2D eigenvalue weighted by atomic mass is 10.6. The zero-order valence-corrected chi connectivity index (χ0v) is 10.1. The summed E-state index contributed by atoms with van der Waals surface area (Å²) in [6.07, 6.45) is 0. The molecule has 0 fully saturated rings. The van der Waals surface area contributed by atoms with E-state index in [1.54, 1.807) is 14.1 Å². The fourth-order valence-electron chi connectivity index (χ4n) is 0.830. The summed E-state index contributed by atoms with van der Waals surface area (Å²) in [5.74, 6) is 2.30. The Bertz CT molecular complexity index is 153. The van der Waals surface area contributed by atoms with E-state index < -0.39 is 0 Å². The van der Waals surface area contributed by atoms with Crippen LogP contribution in [-0.4, -0.2) is 56.2 Å². The first kappa shape index (κ1) is 13.6. The fourth-order valence-corrected chi connectivity index (χ4v) is 1.41. The van der Waals surface area contributed by atoms with Crippen LogP contribution in [0.4, 0.5) is 4.79 Å². The second-order valence-electron chi connectivity index (χ2n) is 3.07. The monoisotopic (exact) mass is 219 g/mol. The number of hydrogen-bond donors (Lipinski definition) is 2. The number of thioether (sulfide) groups is 1. The van der Waals surface area contributed by atoms with Crippen molar-refractivity contribution in [2.75, 3.05) is 45.2 Å². The van der Waals surface area contributed by atoms with Gasteiger partial charge in [0.25, 0.3) is 0 Å². The van der Waals surface area contributed by atoms with Crippen LogP contribution in [0.3, 0.4) is 0 Å². The largest absolute Gasteiger partial charge is 0.337 e. The van der Waals surface area contributed by atoms with Gasteiger partial charge < -0.3 is 15.5 Å². The minimum atomic E-state index is -0.0327. The Hall–Kier alpha value is -0.420. The van der Waals surface area contributed by atoms with Gasteiger partial charge in [0.2, 0.25) is 0 Å². The van der Waals surface area contributed by atoms with Crippen LogP contribution in [0.25, 0.3) is 0 Å². The standard InChI is InChI=1S/C9H21N3OS/c1-4-14-8-7-10-5-6-11-9(13)12(2)3/h10H,4-8H2,1-3H3,(H,11,13). The van der Waals surface area contributed by atoms with Crippen LogP contribution in [0.5, 0.6) is 0 Å². The Morgan fingerprint density at radius 3 is 2.57 bits per heavy atom. The highest BCUT2D eigenvalue weighted by molar-refractivity contribution is 7.99. The number of amides is 2. The topological polar surface area (TPSA) is 44.4 Å². The van der Waals surface area contributed by atoms with Crippen LogP contribution in [0, 0.1) is 0 Å². The van der Waals surface area contributed by atoms with E-state index in [0.29, 0.717) is 6.54 Å². The molecule has 0 radical (unpaired) electrons. The summed E-state index contributed by atoms with van der Waals surface area (Å²) in [6, 6.07) is -0.0327. The molecule has 0 saturated carbocycles. The smallest absolute Gasteiger partial charge is 0.316 e. The van der Waals surface area contributed by atoms with Crippen LogP contribution in [0.2, 0.25) is 0 Å². The van der Waals surface area contributed by atoms with Crippen molar-refractivity contribution in [3.8, 4) is 0 Å². The van der Waals surface area contributed by atoms with Crippen molar-refractivity contribution in [1.82, 2.24) is 15.5 Å². The number of carbonyl (C=O) groups is 1. The molecule has 0 rings (SSSR count). The van der Waals surface area contributed by atoms with Crippen LogP contribution < -0.4 is 10.6 Å². The fraction of sp³-hybridized carbons (Fsp3) is 0.889. The summed E-state index contributed by atoms with van der Waals surface area (Å²) >= 11 is 1.92. The first-order chi connectivity index (χ1) is 6.68. The minimum Gasteiger partial charge on any atom is -0.337 e. The van der Waals surface area contributed by atoms with Gasteiger partial charge in [0.15, 0.2) is 0 Å². The number of urea groups is 1. The number of hydrogen-bond acceptors (Lipinski definition) is 3. The van der Waals surface area contributed by atoms with Crippen molar-refractivity contribution in [1.29, 1.82) is 0 Å². The van der Waals surface area contributed by atoms with Crippen molar-refractivity contribution in [3.63, 3.8) is 0 Å². The first-order valence-electron chi connectivity index (χ1n) is 4.92. The second-order valence-corrected chi connectivity index (χ2v) is 4.47. The molecule has 0 aromatic carbocycles. The zero-order valence-electron chi connectivity index (χ0n) is 9.30. The van der Waals surface area contributed by atoms with Gasteiger partial charge in [-0.1, -0.05) is 6.92 Å². The Morgan fingerprint density at radius 1 is 1.29 bits per heavy atom. The molecule has 0 aliphatic heterocycles. The Morgan fingerprint density at radius 2 is 2.00 bits per heavy atom. The van der Waals surface area contributed by atoms with E-state index >= 15 is 0 Å². The highest BCUT2D eigenvalue weighted by atomic mass is 32.2. The maximum absolute atomic E-state index is 11.1. The summed E-state index contributed by atoms with van der Waals surface area (Å²) in [5, 5.41) is 6.05. The van der Waals surface area contributed by atoms with Crippen molar-refractivity contribution >= 4 is 17.8 Å². The van der Waals surface area contributed by atoms with Crippen molar-refractivity contribution in [2.45, 2.75) is 6.92 Å². The highest BCUT2D eigenvalue weighted by Crippen LogP contribution is 1.94. The maximum atomic E-state index is 11.1. The third kappa shape index (κ3) is 8.19. The Kier molecular flexibility index (Phi) is 8.87. The molecule has 2 N–H and O–H groups in total. The van der Waals surface area contributed by atoms with Gasteiger partial charge in [0, 0.05) is 39.5 Å². The predicted octanol–water partition coefficient (Wildman–Crippen LogP) is 0.600. The predicted molar refractivity (Wildman–Crippen MR) is 63.0 cm³/mol. The summed E-state index contributed by atoms with van der Waals surface area (Å²) in [7, 11) is 3.47. The summed E-state index contributed by atoms with van der Waals surface area (Å²) < 4.78 is 0. The van der Waals surface area contributed by atoms with E-state index in [2.05, 4.69) is 17.6 Å². The molecule has 0 aliphatic rings. The van der Waals surface area contributed by atoms with Crippen LogP contribution in [0.1, 0.15) is 6.92 Å². The maximum Gasteiger partial charge on any atom is 0.316 e. The quantitative estimate of drug-likeness (QED) is 0.616. The molecule has 0 bridgehead atoms. The number of nitrogens with one attached hydrogen (secondary N) is 2. The lowest BCUT2D eigenvalue weighted by Gasteiger charge is -2.11. The van der Waals surface area contributed by atoms with Gasteiger partial charge in [0.1, 0.15) is 0 Å². The van der Waals surface area contributed by atoms with Crippen LogP contribution >= 0.6 is 11.8 Å².